The number of nitrogens with one attached hydrogen (secondary N) is 3. The lowest BCUT2D eigenvalue weighted by atomic mass is 9.73. The molecular weight excluding hydrogens is 452 g/mol. The number of ether oxygens (including phenoxy) is 1. The lowest BCUT2D eigenvalue weighted by Crippen LogP contribution is -2.44. The van der Waals surface area contributed by atoms with E-state index in [9.17, 15) is 4.79 Å². The molecule has 2 aromatic heterocycles. The fourth-order valence-corrected chi connectivity index (χ4v) is 4.42. The van der Waals surface area contributed by atoms with Crippen molar-refractivity contribution in [2.45, 2.75) is 25.2 Å². The molecule has 0 saturated carbocycles. The number of hydrogen-bond donors (Lipinski definition) is 3. The number of benzene rings is 2. The van der Waals surface area contributed by atoms with Crippen molar-refractivity contribution in [1.82, 2.24) is 15.0 Å². The molecule has 1 aliphatic rings. The third-order valence-electron chi connectivity index (χ3n) is 6.28. The average Bonchev–Trinajstić information content (AvgIpc) is 2.91. The van der Waals surface area contributed by atoms with Crippen molar-refractivity contribution in [3.05, 3.63) is 96.4 Å². The van der Waals surface area contributed by atoms with Crippen molar-refractivity contribution < 1.29 is 9.53 Å². The van der Waals surface area contributed by atoms with E-state index in [-0.39, 0.29) is 5.91 Å². The minimum Gasteiger partial charge on any atom is -0.381 e. The molecule has 0 spiro atoms. The highest BCUT2D eigenvalue weighted by molar-refractivity contribution is 5.99. The molecule has 0 radical (unpaired) electrons. The maximum absolute atomic E-state index is 13.5. The Labute approximate surface area is 210 Å². The van der Waals surface area contributed by atoms with E-state index in [0.717, 1.165) is 16.9 Å². The summed E-state index contributed by atoms with van der Waals surface area (Å²) in [5, 5.41) is 9.62. The molecule has 1 amide bonds. The van der Waals surface area contributed by atoms with Gasteiger partial charge in [-0.25, -0.2) is 15.0 Å². The van der Waals surface area contributed by atoms with Gasteiger partial charge in [0.05, 0.1) is 5.41 Å². The first-order valence-electron chi connectivity index (χ1n) is 12.0. The minimum atomic E-state index is -0.591. The Kier molecular flexibility index (Phi) is 6.86. The first-order chi connectivity index (χ1) is 17.6. The van der Waals surface area contributed by atoms with Crippen molar-refractivity contribution in [3.8, 4) is 0 Å². The molecule has 1 aliphatic heterocycles. The van der Waals surface area contributed by atoms with E-state index >= 15 is 0 Å². The summed E-state index contributed by atoms with van der Waals surface area (Å²) in [6.07, 6.45) is 3.04. The SMILES string of the molecule is Cc1nc(Nc2ccc(NC(=O)C3(c4ccccc4)CCOCC3)cc2)cc(Nc2ccccn2)n1. The maximum Gasteiger partial charge on any atom is 0.235 e. The van der Waals surface area contributed by atoms with Gasteiger partial charge in [0.25, 0.3) is 0 Å². The van der Waals surface area contributed by atoms with Crippen LogP contribution >= 0.6 is 0 Å². The van der Waals surface area contributed by atoms with E-state index in [0.29, 0.717) is 49.3 Å². The first kappa shape index (κ1) is 23.4. The molecule has 5 rings (SSSR count). The largest absolute Gasteiger partial charge is 0.381 e. The number of hydrogen-bond acceptors (Lipinski definition) is 7. The Bertz CT molecular complexity index is 1310. The average molecular weight is 481 g/mol. The molecule has 2 aromatic carbocycles. The van der Waals surface area contributed by atoms with Crippen molar-refractivity contribution >= 4 is 34.7 Å². The number of aromatic nitrogens is 3. The van der Waals surface area contributed by atoms with Crippen LogP contribution in [0.4, 0.5) is 28.8 Å². The summed E-state index contributed by atoms with van der Waals surface area (Å²) >= 11 is 0. The molecule has 0 unspecified atom stereocenters. The second-order valence-corrected chi connectivity index (χ2v) is 8.74. The quantitative estimate of drug-likeness (QED) is 0.328. The molecule has 1 saturated heterocycles. The Hall–Kier alpha value is -4.30. The van der Waals surface area contributed by atoms with Gasteiger partial charge < -0.3 is 20.7 Å². The summed E-state index contributed by atoms with van der Waals surface area (Å²) < 4.78 is 5.56. The van der Waals surface area contributed by atoms with Gasteiger partial charge in [-0.15, -0.1) is 0 Å². The van der Waals surface area contributed by atoms with E-state index in [4.69, 9.17) is 4.74 Å². The highest BCUT2D eigenvalue weighted by Crippen LogP contribution is 2.36. The molecule has 3 heterocycles. The van der Waals surface area contributed by atoms with Crippen LogP contribution in [0.25, 0.3) is 0 Å². The number of carbonyl (C=O) groups is 1. The van der Waals surface area contributed by atoms with Crippen LogP contribution in [0.2, 0.25) is 0 Å². The lowest BCUT2D eigenvalue weighted by Gasteiger charge is -2.36. The van der Waals surface area contributed by atoms with Gasteiger partial charge in [-0.05, 0) is 61.7 Å². The summed E-state index contributed by atoms with van der Waals surface area (Å²) in [7, 11) is 0. The molecule has 8 heteroatoms. The van der Waals surface area contributed by atoms with E-state index in [1.165, 1.54) is 0 Å². The van der Waals surface area contributed by atoms with Crippen LogP contribution in [0.1, 0.15) is 24.2 Å². The summed E-state index contributed by atoms with van der Waals surface area (Å²) in [6.45, 7) is 2.98. The van der Waals surface area contributed by atoms with Crippen molar-refractivity contribution in [2.24, 2.45) is 0 Å². The zero-order chi connectivity index (χ0) is 24.8. The number of rotatable bonds is 7. The monoisotopic (exact) mass is 480 g/mol. The number of nitrogens with zero attached hydrogens (tertiary/aromatic N) is 3. The van der Waals surface area contributed by atoms with E-state index in [2.05, 4.69) is 30.9 Å². The fourth-order valence-electron chi connectivity index (χ4n) is 4.42. The van der Waals surface area contributed by atoms with Crippen LogP contribution < -0.4 is 16.0 Å². The highest BCUT2D eigenvalue weighted by Gasteiger charge is 2.41. The summed E-state index contributed by atoms with van der Waals surface area (Å²) in [4.78, 5) is 26.7. The molecule has 182 valence electrons. The topological polar surface area (TPSA) is 101 Å². The predicted molar refractivity (Wildman–Crippen MR) is 141 cm³/mol. The van der Waals surface area contributed by atoms with Crippen LogP contribution in [0, 0.1) is 6.92 Å². The highest BCUT2D eigenvalue weighted by atomic mass is 16.5. The number of carbonyl (C=O) groups excluding carboxylic acids is 1. The molecular formula is C28H28N6O2. The third kappa shape index (κ3) is 5.34. The van der Waals surface area contributed by atoms with Gasteiger partial charge in [-0.2, -0.15) is 0 Å². The number of aryl methyl sites for hydroxylation is 1. The summed E-state index contributed by atoms with van der Waals surface area (Å²) in [6, 6.07) is 25.1. The van der Waals surface area contributed by atoms with Crippen LogP contribution in [0.15, 0.2) is 85.1 Å². The molecule has 4 aromatic rings. The Morgan fingerprint density at radius 2 is 1.47 bits per heavy atom. The molecule has 0 aliphatic carbocycles. The standard InChI is InChI=1S/C28H28N6O2/c1-20-30-25(19-26(31-20)34-24-9-5-6-16-29-24)32-22-10-12-23(13-11-22)33-27(35)28(14-17-36-18-15-28)21-7-3-2-4-8-21/h2-13,16,19H,14-15,17-18H2,1H3,(H,33,35)(H2,29,30,31,32,34). The first-order valence-corrected chi connectivity index (χ1v) is 12.0. The Morgan fingerprint density at radius 1 is 0.806 bits per heavy atom. The summed E-state index contributed by atoms with van der Waals surface area (Å²) in [5.41, 5.74) is 2.02. The molecule has 36 heavy (non-hydrogen) atoms. The lowest BCUT2D eigenvalue weighted by molar-refractivity contribution is -0.125. The van der Waals surface area contributed by atoms with Gasteiger partial charge in [0.1, 0.15) is 23.3 Å². The minimum absolute atomic E-state index is 0.00521. The zero-order valence-electron chi connectivity index (χ0n) is 20.1. The Balaban J connectivity index is 1.28. The number of pyridine rings is 1. The van der Waals surface area contributed by atoms with Gasteiger partial charge >= 0.3 is 0 Å². The van der Waals surface area contributed by atoms with Gasteiger partial charge in [-0.3, -0.25) is 4.79 Å². The normalized spacial score (nSPS) is 14.6. The van der Waals surface area contributed by atoms with Crippen LogP contribution in [0.3, 0.4) is 0 Å². The predicted octanol–water partition coefficient (Wildman–Crippen LogP) is 5.35. The summed E-state index contributed by atoms with van der Waals surface area (Å²) in [5.74, 6) is 2.64. The molecule has 0 bridgehead atoms. The van der Waals surface area contributed by atoms with Crippen molar-refractivity contribution in [3.63, 3.8) is 0 Å². The van der Waals surface area contributed by atoms with E-state index in [1.54, 1.807) is 6.20 Å². The van der Waals surface area contributed by atoms with Gasteiger partial charge in [0.15, 0.2) is 0 Å². The van der Waals surface area contributed by atoms with Crippen molar-refractivity contribution in [2.75, 3.05) is 29.2 Å². The van der Waals surface area contributed by atoms with Gasteiger partial charge in [-0.1, -0.05) is 36.4 Å². The van der Waals surface area contributed by atoms with E-state index in [1.807, 2.05) is 85.8 Å². The maximum atomic E-state index is 13.5. The number of anilines is 5. The molecule has 1 fully saturated rings. The van der Waals surface area contributed by atoms with Crippen molar-refractivity contribution in [1.29, 1.82) is 0 Å². The number of amides is 1. The van der Waals surface area contributed by atoms with Gasteiger partial charge in [0.2, 0.25) is 5.91 Å². The second-order valence-electron chi connectivity index (χ2n) is 8.74. The van der Waals surface area contributed by atoms with E-state index < -0.39 is 5.41 Å². The zero-order valence-corrected chi connectivity index (χ0v) is 20.1. The Morgan fingerprint density at radius 3 is 2.17 bits per heavy atom. The van der Waals surface area contributed by atoms with Gasteiger partial charge in [0, 0.05) is 36.9 Å². The van der Waals surface area contributed by atoms with Crippen LogP contribution in [0.5, 0.6) is 0 Å². The fraction of sp³-hybridized carbons (Fsp3) is 0.214. The smallest absolute Gasteiger partial charge is 0.235 e. The van der Waals surface area contributed by atoms with Crippen LogP contribution in [-0.4, -0.2) is 34.1 Å². The molecule has 3 N–H and O–H groups in total. The molecule has 0 atom stereocenters. The molecule has 8 nitrogen and oxygen atoms in total. The van der Waals surface area contributed by atoms with Crippen LogP contribution in [-0.2, 0) is 14.9 Å². The third-order valence-corrected chi connectivity index (χ3v) is 6.28. The second kappa shape index (κ2) is 10.5.